The second-order valence-corrected chi connectivity index (χ2v) is 13.4. The van der Waals surface area contributed by atoms with Gasteiger partial charge >= 0.3 is 0 Å². The van der Waals surface area contributed by atoms with Crippen LogP contribution in [0.15, 0.2) is 33.2 Å². The van der Waals surface area contributed by atoms with E-state index in [0.29, 0.717) is 0 Å². The molecule has 0 amide bonds. The quantitative estimate of drug-likeness (QED) is 0.342. The molecule has 6 rings (SSSR count). The third-order valence-electron chi connectivity index (χ3n) is 7.89. The number of rotatable bonds is 3. The molecular formula is C30H38Br2O4. The lowest BCUT2D eigenvalue weighted by Gasteiger charge is -2.32. The molecule has 2 aromatic rings. The highest BCUT2D eigenvalue weighted by molar-refractivity contribution is 9.13. The van der Waals surface area contributed by atoms with E-state index in [0.717, 1.165) is 49.7 Å². The van der Waals surface area contributed by atoms with Gasteiger partial charge in [-0.25, -0.2) is 0 Å². The van der Waals surface area contributed by atoms with Crippen LogP contribution in [0.5, 0.6) is 23.0 Å². The minimum Gasteiger partial charge on any atom is -0.449 e. The van der Waals surface area contributed by atoms with Crippen molar-refractivity contribution in [1.29, 1.82) is 0 Å². The first-order valence-corrected chi connectivity index (χ1v) is 15.0. The molecule has 1 saturated carbocycles. The summed E-state index contributed by atoms with van der Waals surface area (Å²) in [4.78, 5) is 0. The van der Waals surface area contributed by atoms with E-state index in [1.165, 1.54) is 62.5 Å². The Morgan fingerprint density at radius 1 is 0.667 bits per heavy atom. The molecule has 0 unspecified atom stereocenters. The van der Waals surface area contributed by atoms with Crippen molar-refractivity contribution in [2.24, 2.45) is 17.8 Å². The molecule has 0 atom stereocenters. The lowest BCUT2D eigenvalue weighted by molar-refractivity contribution is -0.0437. The fourth-order valence-electron chi connectivity index (χ4n) is 6.28. The summed E-state index contributed by atoms with van der Waals surface area (Å²) in [5.74, 6) is 5.18. The molecule has 1 fully saturated rings. The van der Waals surface area contributed by atoms with Crippen LogP contribution in [-0.4, -0.2) is 11.6 Å². The lowest BCUT2D eigenvalue weighted by Crippen LogP contribution is -2.29. The van der Waals surface area contributed by atoms with Gasteiger partial charge in [0, 0.05) is 36.6 Å². The van der Waals surface area contributed by atoms with Gasteiger partial charge in [-0.05, 0) is 111 Å². The van der Waals surface area contributed by atoms with Gasteiger partial charge in [0.15, 0.2) is 23.0 Å². The lowest BCUT2D eigenvalue weighted by atomic mass is 9.74. The summed E-state index contributed by atoms with van der Waals surface area (Å²) in [7, 11) is 0. The molecular weight excluding hydrogens is 584 g/mol. The normalized spacial score (nSPS) is 24.8. The van der Waals surface area contributed by atoms with Gasteiger partial charge in [-0.15, -0.1) is 0 Å². The Kier molecular flexibility index (Phi) is 7.32. The molecule has 0 N–H and O–H groups in total. The minimum absolute atomic E-state index is 0.505. The molecule has 2 aromatic carbocycles. The topological polar surface area (TPSA) is 36.9 Å². The third-order valence-corrected chi connectivity index (χ3v) is 9.74. The van der Waals surface area contributed by atoms with E-state index in [4.69, 9.17) is 18.9 Å². The standard InChI is InChI=1S/C21H30O2.C9H8Br2O2/c1-4-5-14-6-8-15(9-7-14)16-10-17-12-19-20(13-18(17)11-16)23-21(2,3)22-19;1-9(2)12-7-3-5(10)6(11)4-8(7)13-9/h12-16H,4-11H2,1-3H3;3-4H,1-2H3. The van der Waals surface area contributed by atoms with Crippen molar-refractivity contribution in [2.75, 3.05) is 0 Å². The van der Waals surface area contributed by atoms with Crippen LogP contribution in [0.25, 0.3) is 0 Å². The van der Waals surface area contributed by atoms with Crippen molar-refractivity contribution in [3.8, 4) is 23.0 Å². The first kappa shape index (κ1) is 26.2. The van der Waals surface area contributed by atoms with Crippen molar-refractivity contribution in [2.45, 2.75) is 97.6 Å². The van der Waals surface area contributed by atoms with Gasteiger partial charge in [0.1, 0.15) is 0 Å². The fraction of sp³-hybridized carbons (Fsp3) is 0.600. The molecule has 6 heteroatoms. The molecule has 0 bridgehead atoms. The van der Waals surface area contributed by atoms with Crippen molar-refractivity contribution < 1.29 is 18.9 Å². The maximum Gasteiger partial charge on any atom is 0.246 e. The molecule has 2 aliphatic carbocycles. The van der Waals surface area contributed by atoms with Gasteiger partial charge in [-0.1, -0.05) is 32.6 Å². The van der Waals surface area contributed by atoms with Crippen LogP contribution in [0.4, 0.5) is 0 Å². The van der Waals surface area contributed by atoms with Gasteiger partial charge in [-0.3, -0.25) is 0 Å². The van der Waals surface area contributed by atoms with Crippen LogP contribution in [-0.2, 0) is 12.8 Å². The summed E-state index contributed by atoms with van der Waals surface area (Å²) >= 11 is 6.81. The van der Waals surface area contributed by atoms with Crippen LogP contribution in [0.2, 0.25) is 0 Å². The summed E-state index contributed by atoms with van der Waals surface area (Å²) in [6.07, 6.45) is 11.1. The van der Waals surface area contributed by atoms with Crippen molar-refractivity contribution in [3.05, 3.63) is 44.3 Å². The average molecular weight is 622 g/mol. The zero-order chi connectivity index (χ0) is 25.7. The molecule has 4 aliphatic rings. The zero-order valence-corrected chi connectivity index (χ0v) is 25.3. The number of fused-ring (bicyclic) bond motifs is 3. The Labute approximate surface area is 232 Å². The predicted octanol–water partition coefficient (Wildman–Crippen LogP) is 9.23. The summed E-state index contributed by atoms with van der Waals surface area (Å²) in [5.41, 5.74) is 3.01. The van der Waals surface area contributed by atoms with Crippen molar-refractivity contribution in [1.82, 2.24) is 0 Å². The van der Waals surface area contributed by atoms with Gasteiger partial charge in [0.05, 0.1) is 0 Å². The van der Waals surface area contributed by atoms with Crippen LogP contribution >= 0.6 is 31.9 Å². The Hall–Kier alpha value is -1.40. The second-order valence-electron chi connectivity index (χ2n) is 11.7. The third kappa shape index (κ3) is 5.70. The van der Waals surface area contributed by atoms with Gasteiger partial charge < -0.3 is 18.9 Å². The van der Waals surface area contributed by atoms with E-state index in [-0.39, 0.29) is 0 Å². The zero-order valence-electron chi connectivity index (χ0n) is 22.1. The molecule has 0 aromatic heterocycles. The highest BCUT2D eigenvalue weighted by Crippen LogP contribution is 2.47. The van der Waals surface area contributed by atoms with Gasteiger partial charge in [0.25, 0.3) is 0 Å². The number of hydrogen-bond donors (Lipinski definition) is 0. The van der Waals surface area contributed by atoms with E-state index in [2.05, 4.69) is 50.9 Å². The van der Waals surface area contributed by atoms with E-state index in [1.807, 2.05) is 39.8 Å². The molecule has 2 aliphatic heterocycles. The monoisotopic (exact) mass is 620 g/mol. The Bertz CT molecular complexity index is 1050. The average Bonchev–Trinajstić information content (AvgIpc) is 3.43. The summed E-state index contributed by atoms with van der Waals surface area (Å²) in [6.45, 7) is 10.1. The van der Waals surface area contributed by atoms with Crippen LogP contribution in [0.1, 0.15) is 84.3 Å². The highest BCUT2D eigenvalue weighted by Gasteiger charge is 2.37. The molecule has 2 heterocycles. The molecule has 4 nitrogen and oxygen atoms in total. The second kappa shape index (κ2) is 10.1. The summed E-state index contributed by atoms with van der Waals surface area (Å²) in [6, 6.07) is 8.30. The number of ether oxygens (including phenoxy) is 4. The molecule has 0 saturated heterocycles. The molecule has 36 heavy (non-hydrogen) atoms. The predicted molar refractivity (Wildman–Crippen MR) is 150 cm³/mol. The van der Waals surface area contributed by atoms with Crippen molar-refractivity contribution >= 4 is 31.9 Å². The van der Waals surface area contributed by atoms with Crippen molar-refractivity contribution in [3.63, 3.8) is 0 Å². The fourth-order valence-corrected chi connectivity index (χ4v) is 6.93. The Morgan fingerprint density at radius 2 is 1.08 bits per heavy atom. The number of hydrogen-bond acceptors (Lipinski definition) is 4. The largest absolute Gasteiger partial charge is 0.449 e. The van der Waals surface area contributed by atoms with E-state index >= 15 is 0 Å². The van der Waals surface area contributed by atoms with E-state index in [9.17, 15) is 0 Å². The molecule has 0 spiro atoms. The Morgan fingerprint density at radius 3 is 1.50 bits per heavy atom. The van der Waals surface area contributed by atoms with Gasteiger partial charge in [0.2, 0.25) is 11.6 Å². The first-order chi connectivity index (χ1) is 17.0. The van der Waals surface area contributed by atoms with Crippen LogP contribution < -0.4 is 18.9 Å². The number of halogens is 2. The number of benzene rings is 2. The smallest absolute Gasteiger partial charge is 0.246 e. The Balaban J connectivity index is 0.000000174. The van der Waals surface area contributed by atoms with Crippen LogP contribution in [0, 0.1) is 17.8 Å². The summed E-state index contributed by atoms with van der Waals surface area (Å²) < 4.78 is 24.9. The van der Waals surface area contributed by atoms with E-state index in [1.54, 1.807) is 0 Å². The minimum atomic E-state index is -0.553. The SMILES string of the molecule is CC1(C)Oc2cc(Br)c(Br)cc2O1.CCCC1CCC(C2Cc3cc4c(cc3C2)OC(C)(C)O4)CC1. The molecule has 0 radical (unpaired) electrons. The maximum absolute atomic E-state index is 5.92. The first-order valence-electron chi connectivity index (χ1n) is 13.4. The van der Waals surface area contributed by atoms with Crippen LogP contribution in [0.3, 0.4) is 0 Å². The molecule has 196 valence electrons. The maximum atomic E-state index is 5.92. The van der Waals surface area contributed by atoms with Gasteiger partial charge in [-0.2, -0.15) is 0 Å². The highest BCUT2D eigenvalue weighted by atomic mass is 79.9. The summed E-state index contributed by atoms with van der Waals surface area (Å²) in [5, 5.41) is 0. The van der Waals surface area contributed by atoms with E-state index < -0.39 is 11.6 Å².